The monoisotopic (exact) mass is 319 g/mol. The fraction of sp³-hybridized carbons (Fsp3) is 0.333. The Kier molecular flexibility index (Phi) is 3.27. The van der Waals surface area contributed by atoms with Crippen LogP contribution in [0.3, 0.4) is 0 Å². The van der Waals surface area contributed by atoms with Gasteiger partial charge in [-0.25, -0.2) is 0 Å². The number of rotatable bonds is 3. The van der Waals surface area contributed by atoms with Crippen molar-refractivity contribution < 1.29 is 30.7 Å². The van der Waals surface area contributed by atoms with Crippen LogP contribution in [-0.4, -0.2) is 26.9 Å². The molecule has 0 N–H and O–H groups in total. The van der Waals surface area contributed by atoms with E-state index in [9.17, 15) is 30.7 Å². The number of aromatic nitrogens is 3. The first-order valence-electron chi connectivity index (χ1n) is 4.87. The second-order valence-corrected chi connectivity index (χ2v) is 4.58. The summed E-state index contributed by atoms with van der Waals surface area (Å²) in [7, 11) is 0. The van der Waals surface area contributed by atoms with E-state index in [1.54, 1.807) is 0 Å². The lowest BCUT2D eigenvalue weighted by molar-refractivity contribution is -0.359. The molecule has 2 aromatic rings. The number of halogens is 7. The summed E-state index contributed by atoms with van der Waals surface area (Å²) in [5.41, 5.74) is 0. The van der Waals surface area contributed by atoms with Crippen molar-refractivity contribution in [1.82, 2.24) is 14.8 Å². The minimum atomic E-state index is -6.39. The van der Waals surface area contributed by atoms with Crippen molar-refractivity contribution in [3.63, 3.8) is 0 Å². The second kappa shape index (κ2) is 4.43. The lowest BCUT2D eigenvalue weighted by atomic mass is 10.2. The number of nitrogens with zero attached hydrogens (tertiary/aromatic N) is 3. The van der Waals surface area contributed by atoms with Gasteiger partial charge in [-0.1, -0.05) is 11.3 Å². The Labute approximate surface area is 110 Å². The van der Waals surface area contributed by atoms with E-state index >= 15 is 0 Å². The molecule has 0 unspecified atom stereocenters. The second-order valence-electron chi connectivity index (χ2n) is 3.63. The minimum absolute atomic E-state index is 0.0487. The van der Waals surface area contributed by atoms with E-state index in [-0.39, 0.29) is 16.5 Å². The van der Waals surface area contributed by atoms with Gasteiger partial charge in [0.1, 0.15) is 0 Å². The van der Waals surface area contributed by atoms with Gasteiger partial charge in [-0.05, 0) is 12.1 Å². The Morgan fingerprint density at radius 2 is 1.45 bits per heavy atom. The van der Waals surface area contributed by atoms with Crippen molar-refractivity contribution in [1.29, 1.82) is 0 Å². The van der Waals surface area contributed by atoms with Gasteiger partial charge in [0, 0.05) is 12.4 Å². The molecule has 0 saturated carbocycles. The first-order valence-corrected chi connectivity index (χ1v) is 5.68. The normalized spacial score (nSPS) is 13.8. The van der Waals surface area contributed by atoms with Gasteiger partial charge < -0.3 is 0 Å². The zero-order valence-electron chi connectivity index (χ0n) is 9.21. The van der Waals surface area contributed by atoms with E-state index in [0.29, 0.717) is 0 Å². The summed E-state index contributed by atoms with van der Waals surface area (Å²) in [6.07, 6.45) is -3.69. The highest BCUT2D eigenvalue weighted by molar-refractivity contribution is 7.13. The number of hydrogen-bond donors (Lipinski definition) is 0. The van der Waals surface area contributed by atoms with Gasteiger partial charge >= 0.3 is 18.0 Å². The van der Waals surface area contributed by atoms with E-state index < -0.39 is 23.0 Å². The predicted molar refractivity (Wildman–Crippen MR) is 54.1 cm³/mol. The predicted octanol–water partition coefficient (Wildman–Crippen LogP) is 3.62. The summed E-state index contributed by atoms with van der Waals surface area (Å²) < 4.78 is 89.4. The Balaban J connectivity index is 2.41. The smallest absolute Gasteiger partial charge is 0.299 e. The van der Waals surface area contributed by atoms with Crippen molar-refractivity contribution in [3.05, 3.63) is 29.5 Å². The van der Waals surface area contributed by atoms with Crippen LogP contribution in [0, 0.1) is 0 Å². The van der Waals surface area contributed by atoms with Crippen LogP contribution >= 0.6 is 11.3 Å². The first kappa shape index (κ1) is 14.8. The maximum Gasteiger partial charge on any atom is 0.460 e. The highest BCUT2D eigenvalue weighted by Gasteiger charge is 2.75. The highest BCUT2D eigenvalue weighted by atomic mass is 32.1. The quantitative estimate of drug-likeness (QED) is 0.809. The fourth-order valence-electron chi connectivity index (χ4n) is 1.22. The zero-order valence-corrected chi connectivity index (χ0v) is 10.0. The molecule has 0 amide bonds. The molecule has 2 rings (SSSR count). The molecule has 0 atom stereocenters. The van der Waals surface area contributed by atoms with Crippen LogP contribution in [0.4, 0.5) is 30.7 Å². The average Bonchev–Trinajstić information content (AvgIpc) is 2.98. The van der Waals surface area contributed by atoms with E-state index in [1.165, 1.54) is 24.5 Å². The molecule has 0 saturated heterocycles. The molecule has 110 valence electrons. The molecule has 0 bridgehead atoms. The molecule has 0 aliphatic carbocycles. The van der Waals surface area contributed by atoms with Crippen molar-refractivity contribution in [2.45, 2.75) is 18.0 Å². The van der Waals surface area contributed by atoms with Crippen LogP contribution in [-0.2, 0) is 5.92 Å². The zero-order chi connectivity index (χ0) is 15.2. The maximum absolute atomic E-state index is 13.3. The van der Waals surface area contributed by atoms with Crippen molar-refractivity contribution in [2.75, 3.05) is 0 Å². The average molecular weight is 319 g/mol. The summed E-state index contributed by atoms with van der Waals surface area (Å²) in [5.74, 6) is -11.7. The van der Waals surface area contributed by atoms with Gasteiger partial charge in [0.2, 0.25) is 5.13 Å². The van der Waals surface area contributed by atoms with Gasteiger partial charge in [0.05, 0.1) is 0 Å². The Bertz CT molecular complexity index is 587. The van der Waals surface area contributed by atoms with Gasteiger partial charge in [-0.15, -0.1) is 10.2 Å². The summed E-state index contributed by atoms with van der Waals surface area (Å²) >= 11 is -0.0487. The molecule has 0 aromatic carbocycles. The van der Waals surface area contributed by atoms with Gasteiger partial charge in [-0.3, -0.25) is 4.57 Å². The molecule has 0 spiro atoms. The lowest BCUT2D eigenvalue weighted by Crippen LogP contribution is -2.50. The molecule has 2 heterocycles. The summed E-state index contributed by atoms with van der Waals surface area (Å²) in [6.45, 7) is 0. The molecule has 0 fully saturated rings. The van der Waals surface area contributed by atoms with Crippen LogP contribution in [0.1, 0.15) is 5.01 Å². The Morgan fingerprint density at radius 1 is 0.900 bits per heavy atom. The third kappa shape index (κ3) is 2.15. The molecule has 0 aliphatic rings. The van der Waals surface area contributed by atoms with Gasteiger partial charge in [0.15, 0.2) is 5.01 Å². The molecule has 0 radical (unpaired) electrons. The van der Waals surface area contributed by atoms with E-state index in [2.05, 4.69) is 10.2 Å². The van der Waals surface area contributed by atoms with Crippen LogP contribution in [0.25, 0.3) is 5.13 Å². The van der Waals surface area contributed by atoms with E-state index in [0.717, 1.165) is 4.57 Å². The number of hydrogen-bond acceptors (Lipinski definition) is 3. The fourth-order valence-corrected chi connectivity index (χ4v) is 2.04. The molecular formula is C9H4F7N3S. The Morgan fingerprint density at radius 3 is 1.95 bits per heavy atom. The minimum Gasteiger partial charge on any atom is -0.299 e. The van der Waals surface area contributed by atoms with Crippen LogP contribution < -0.4 is 0 Å². The molecule has 2 aromatic heterocycles. The third-order valence-corrected chi connectivity index (χ3v) is 3.27. The maximum atomic E-state index is 13.3. The topological polar surface area (TPSA) is 30.7 Å². The molecule has 11 heteroatoms. The molecule has 3 nitrogen and oxygen atoms in total. The summed E-state index contributed by atoms with van der Waals surface area (Å²) in [5, 5.41) is 3.96. The lowest BCUT2D eigenvalue weighted by Gasteiger charge is -2.25. The van der Waals surface area contributed by atoms with Crippen molar-refractivity contribution in [3.8, 4) is 5.13 Å². The van der Waals surface area contributed by atoms with Crippen LogP contribution in [0.15, 0.2) is 24.5 Å². The highest BCUT2D eigenvalue weighted by Crippen LogP contribution is 2.52. The van der Waals surface area contributed by atoms with Crippen LogP contribution in [0.5, 0.6) is 0 Å². The van der Waals surface area contributed by atoms with E-state index in [1.807, 2.05) is 0 Å². The summed E-state index contributed by atoms with van der Waals surface area (Å²) in [4.78, 5) is 0. The van der Waals surface area contributed by atoms with E-state index in [4.69, 9.17) is 0 Å². The Hall–Kier alpha value is -1.65. The first-order chi connectivity index (χ1) is 9.07. The molecular weight excluding hydrogens is 315 g/mol. The van der Waals surface area contributed by atoms with Gasteiger partial charge in [0.25, 0.3) is 0 Å². The largest absolute Gasteiger partial charge is 0.460 e. The number of alkyl halides is 7. The SMILES string of the molecule is FC(F)(F)C(F)(F)C(F)(F)c1nnc(-n2cccc2)s1. The van der Waals surface area contributed by atoms with Gasteiger partial charge in [-0.2, -0.15) is 30.7 Å². The van der Waals surface area contributed by atoms with Crippen LogP contribution in [0.2, 0.25) is 0 Å². The summed E-state index contributed by atoms with van der Waals surface area (Å²) in [6, 6.07) is 2.98. The van der Waals surface area contributed by atoms with Crippen molar-refractivity contribution >= 4 is 11.3 Å². The standard InChI is InChI=1S/C9H4F7N3S/c10-7(11,8(12,13)9(14,15)16)5-17-18-6(20-5)19-3-1-2-4-19/h1-4H. The van der Waals surface area contributed by atoms with Crippen molar-refractivity contribution in [2.24, 2.45) is 0 Å². The molecule has 0 aliphatic heterocycles. The molecule has 20 heavy (non-hydrogen) atoms. The third-order valence-electron chi connectivity index (χ3n) is 2.26.